The van der Waals surface area contributed by atoms with Crippen LogP contribution in [0.2, 0.25) is 0 Å². The molecule has 21 heavy (non-hydrogen) atoms. The van der Waals surface area contributed by atoms with Crippen LogP contribution in [0.25, 0.3) is 0 Å². The summed E-state index contributed by atoms with van der Waals surface area (Å²) < 4.78 is 5.91. The Hall–Kier alpha value is -1.56. The molecule has 6 heteroatoms. The van der Waals surface area contributed by atoms with Gasteiger partial charge in [-0.25, -0.2) is 4.79 Å². The molecule has 2 atom stereocenters. The van der Waals surface area contributed by atoms with Crippen molar-refractivity contribution in [3.63, 3.8) is 0 Å². The fourth-order valence-corrected chi connectivity index (χ4v) is 2.28. The minimum absolute atomic E-state index is 0.0952. The predicted octanol–water partition coefficient (Wildman–Crippen LogP) is 2.62. The van der Waals surface area contributed by atoms with Gasteiger partial charge >= 0.3 is 5.97 Å². The first-order chi connectivity index (χ1) is 9.88. The van der Waals surface area contributed by atoms with E-state index in [1.807, 2.05) is 6.92 Å². The van der Waals surface area contributed by atoms with Gasteiger partial charge in [0.15, 0.2) is 0 Å². The van der Waals surface area contributed by atoms with Gasteiger partial charge in [-0.2, -0.15) is 0 Å². The van der Waals surface area contributed by atoms with Gasteiger partial charge in [0.2, 0.25) is 5.91 Å². The number of rotatable bonds is 7. The van der Waals surface area contributed by atoms with Gasteiger partial charge in [-0.05, 0) is 29.7 Å². The molecule has 0 spiro atoms. The Labute approximate surface area is 132 Å². The van der Waals surface area contributed by atoms with Gasteiger partial charge in [-0.15, -0.1) is 0 Å². The summed E-state index contributed by atoms with van der Waals surface area (Å²) in [4.78, 5) is 23.3. The van der Waals surface area contributed by atoms with Gasteiger partial charge in [0.25, 0.3) is 0 Å². The molecular weight excluding hydrogens is 338 g/mol. The lowest BCUT2D eigenvalue weighted by atomic mass is 9.99. The smallest absolute Gasteiger partial charge is 0.326 e. The van der Waals surface area contributed by atoms with Crippen molar-refractivity contribution in [1.29, 1.82) is 0 Å². The van der Waals surface area contributed by atoms with E-state index in [9.17, 15) is 14.7 Å². The zero-order valence-electron chi connectivity index (χ0n) is 12.4. The molecule has 5 nitrogen and oxygen atoms in total. The van der Waals surface area contributed by atoms with Crippen LogP contribution in [0.3, 0.4) is 0 Å². The van der Waals surface area contributed by atoms with Crippen LogP contribution in [0, 0.1) is 5.92 Å². The molecule has 0 aliphatic rings. The number of methoxy groups -OCH3 is 1. The first-order valence-corrected chi connectivity index (χ1v) is 7.52. The summed E-state index contributed by atoms with van der Waals surface area (Å²) in [5.74, 6) is -0.808. The number of carboxylic acid groups (broad SMARTS) is 1. The number of hydrogen-bond donors (Lipinski definition) is 2. The summed E-state index contributed by atoms with van der Waals surface area (Å²) in [5.41, 5.74) is 0.750. The Morgan fingerprint density at radius 3 is 2.62 bits per heavy atom. The van der Waals surface area contributed by atoms with Crippen LogP contribution in [0.1, 0.15) is 25.8 Å². The van der Waals surface area contributed by atoms with Crippen molar-refractivity contribution >= 4 is 27.8 Å². The van der Waals surface area contributed by atoms with Crippen molar-refractivity contribution in [2.75, 3.05) is 7.11 Å². The average molecular weight is 358 g/mol. The lowest BCUT2D eigenvalue weighted by molar-refractivity contribution is -0.143. The maximum absolute atomic E-state index is 12.1. The molecule has 116 valence electrons. The predicted molar refractivity (Wildman–Crippen MR) is 83.4 cm³/mol. The number of carbonyl (C=O) groups is 2. The van der Waals surface area contributed by atoms with Crippen LogP contribution >= 0.6 is 15.9 Å². The third-order valence-corrected chi connectivity index (χ3v) is 4.17. The second-order valence-corrected chi connectivity index (χ2v) is 5.76. The van der Waals surface area contributed by atoms with Gasteiger partial charge in [0, 0.05) is 4.47 Å². The van der Waals surface area contributed by atoms with Crippen molar-refractivity contribution < 1.29 is 19.4 Å². The monoisotopic (exact) mass is 357 g/mol. The molecule has 1 rings (SSSR count). The normalized spacial score (nSPS) is 13.3. The van der Waals surface area contributed by atoms with Crippen molar-refractivity contribution in [3.05, 3.63) is 28.2 Å². The Kier molecular flexibility index (Phi) is 6.68. The number of ether oxygens (including phenoxy) is 1. The van der Waals surface area contributed by atoms with Crippen LogP contribution in [0.4, 0.5) is 0 Å². The van der Waals surface area contributed by atoms with E-state index >= 15 is 0 Å². The second kappa shape index (κ2) is 8.02. The third kappa shape index (κ3) is 5.04. The summed E-state index contributed by atoms with van der Waals surface area (Å²) in [6.45, 7) is 3.70. The molecule has 0 saturated carbocycles. The van der Waals surface area contributed by atoms with E-state index in [4.69, 9.17) is 4.74 Å². The second-order valence-electron chi connectivity index (χ2n) is 4.90. The molecule has 0 bridgehead atoms. The van der Waals surface area contributed by atoms with Gasteiger partial charge < -0.3 is 15.2 Å². The highest BCUT2D eigenvalue weighted by atomic mass is 79.9. The van der Waals surface area contributed by atoms with E-state index in [-0.39, 0.29) is 18.2 Å². The summed E-state index contributed by atoms with van der Waals surface area (Å²) >= 11 is 3.37. The quantitative estimate of drug-likeness (QED) is 0.786. The van der Waals surface area contributed by atoms with Crippen LogP contribution in [-0.2, 0) is 16.0 Å². The SMILES string of the molecule is CCC(C)C(NC(=O)Cc1cc(OC)ccc1Br)C(=O)O. The molecule has 2 unspecified atom stereocenters. The minimum atomic E-state index is -1.01. The molecule has 0 aliphatic heterocycles. The Morgan fingerprint density at radius 1 is 1.43 bits per heavy atom. The highest BCUT2D eigenvalue weighted by molar-refractivity contribution is 9.10. The van der Waals surface area contributed by atoms with E-state index < -0.39 is 12.0 Å². The fraction of sp³-hybridized carbons (Fsp3) is 0.467. The van der Waals surface area contributed by atoms with E-state index in [0.29, 0.717) is 12.2 Å². The van der Waals surface area contributed by atoms with Crippen LogP contribution in [0.15, 0.2) is 22.7 Å². The molecule has 1 amide bonds. The number of aliphatic carboxylic acids is 1. The van der Waals surface area contributed by atoms with Gasteiger partial charge in [0.1, 0.15) is 11.8 Å². The number of benzene rings is 1. The van der Waals surface area contributed by atoms with Crippen molar-refractivity contribution in [2.24, 2.45) is 5.92 Å². The van der Waals surface area contributed by atoms with Gasteiger partial charge in [-0.3, -0.25) is 4.79 Å². The number of carboxylic acids is 1. The van der Waals surface area contributed by atoms with E-state index in [2.05, 4.69) is 21.2 Å². The maximum Gasteiger partial charge on any atom is 0.326 e. The largest absolute Gasteiger partial charge is 0.497 e. The number of nitrogens with one attached hydrogen (secondary N) is 1. The number of halogens is 1. The molecule has 0 aromatic heterocycles. The van der Waals surface area contributed by atoms with Crippen molar-refractivity contribution in [3.8, 4) is 5.75 Å². The van der Waals surface area contributed by atoms with E-state index in [1.54, 1.807) is 32.2 Å². The first kappa shape index (κ1) is 17.5. The van der Waals surface area contributed by atoms with E-state index in [0.717, 1.165) is 10.0 Å². The lowest BCUT2D eigenvalue weighted by Crippen LogP contribution is -2.45. The standard InChI is InChI=1S/C15H20BrNO4/c1-4-9(2)14(15(19)20)17-13(18)8-10-7-11(21-3)5-6-12(10)16/h5-7,9,14H,4,8H2,1-3H3,(H,17,18)(H,19,20). The first-order valence-electron chi connectivity index (χ1n) is 6.73. The van der Waals surface area contributed by atoms with Crippen LogP contribution in [-0.4, -0.2) is 30.1 Å². The number of amides is 1. The summed E-state index contributed by atoms with van der Waals surface area (Å²) in [5, 5.41) is 11.8. The molecule has 0 radical (unpaired) electrons. The van der Waals surface area contributed by atoms with Crippen LogP contribution in [0.5, 0.6) is 5.75 Å². The topological polar surface area (TPSA) is 75.6 Å². The fourth-order valence-electron chi connectivity index (χ4n) is 1.89. The summed E-state index contributed by atoms with van der Waals surface area (Å²) in [6.07, 6.45) is 0.776. The van der Waals surface area contributed by atoms with Crippen molar-refractivity contribution in [2.45, 2.75) is 32.7 Å². The maximum atomic E-state index is 12.1. The van der Waals surface area contributed by atoms with Crippen LogP contribution < -0.4 is 10.1 Å². The molecule has 1 aromatic rings. The highest BCUT2D eigenvalue weighted by Crippen LogP contribution is 2.23. The summed E-state index contributed by atoms with van der Waals surface area (Å²) in [7, 11) is 1.55. The molecular formula is C15H20BrNO4. The Morgan fingerprint density at radius 2 is 2.10 bits per heavy atom. The van der Waals surface area contributed by atoms with Gasteiger partial charge in [-0.1, -0.05) is 36.2 Å². The van der Waals surface area contributed by atoms with Gasteiger partial charge in [0.05, 0.1) is 13.5 Å². The Bertz CT molecular complexity index is 518. The molecule has 0 aliphatic carbocycles. The molecule has 0 heterocycles. The average Bonchev–Trinajstić information content (AvgIpc) is 2.46. The minimum Gasteiger partial charge on any atom is -0.497 e. The third-order valence-electron chi connectivity index (χ3n) is 3.40. The molecule has 2 N–H and O–H groups in total. The lowest BCUT2D eigenvalue weighted by Gasteiger charge is -2.20. The molecule has 0 saturated heterocycles. The van der Waals surface area contributed by atoms with E-state index in [1.165, 1.54) is 0 Å². The highest BCUT2D eigenvalue weighted by Gasteiger charge is 2.25. The Balaban J connectivity index is 2.79. The summed E-state index contributed by atoms with van der Waals surface area (Å²) in [6, 6.07) is 4.46. The molecule has 1 aromatic carbocycles. The van der Waals surface area contributed by atoms with Crippen molar-refractivity contribution in [1.82, 2.24) is 5.32 Å². The number of carbonyl (C=O) groups excluding carboxylic acids is 1. The molecule has 0 fully saturated rings. The zero-order valence-corrected chi connectivity index (χ0v) is 13.9. The zero-order chi connectivity index (χ0) is 16.0. The number of hydrogen-bond acceptors (Lipinski definition) is 3.